The maximum absolute atomic E-state index is 7.17. The Morgan fingerprint density at radius 1 is 0.467 bits per heavy atom. The first-order chi connectivity index (χ1) is 21.6. The molecule has 0 N–H and O–H groups in total. The van der Waals surface area contributed by atoms with Crippen LogP contribution in [0.15, 0.2) is 23.3 Å². The molecule has 4 aliphatic carbocycles. The summed E-state index contributed by atoms with van der Waals surface area (Å²) in [7, 11) is 0. The van der Waals surface area contributed by atoms with Crippen LogP contribution in [0.2, 0.25) is 0 Å². The summed E-state index contributed by atoms with van der Waals surface area (Å²) >= 11 is 0. The van der Waals surface area contributed by atoms with Crippen molar-refractivity contribution in [1.82, 2.24) is 0 Å². The Hall–Kier alpha value is -0.560. The van der Waals surface area contributed by atoms with Crippen LogP contribution in [0.25, 0.3) is 0 Å². The average Bonchev–Trinajstić information content (AvgIpc) is 3.01. The molecule has 45 heavy (non-hydrogen) atoms. The fourth-order valence-electron chi connectivity index (χ4n) is 10.1. The van der Waals surface area contributed by atoms with Crippen LogP contribution in [0.1, 0.15) is 184 Å². The van der Waals surface area contributed by atoms with E-state index in [0.29, 0.717) is 24.0 Å². The van der Waals surface area contributed by atoms with Gasteiger partial charge in [-0.2, -0.15) is 0 Å². The lowest BCUT2D eigenvalue weighted by Gasteiger charge is -2.37. The normalized spacial score (nSPS) is 31.4. The predicted octanol–water partition coefficient (Wildman–Crippen LogP) is 13.8. The molecule has 0 heterocycles. The van der Waals surface area contributed by atoms with Gasteiger partial charge in [0.1, 0.15) is 0 Å². The Morgan fingerprint density at radius 2 is 0.800 bits per heavy atom. The molecule has 4 atom stereocenters. The van der Waals surface area contributed by atoms with E-state index in [2.05, 4.69) is 67.5 Å². The minimum Gasteiger partial charge on any atom is -0.366 e. The SMILES string of the molecule is CC(C)CC1CCC(CCC2CC=C(C(OC(C3=CCC(CCC4CCC(CC(C)C)CC4)CC3)C(C)C)C(C)C)CC2)CC1. The highest BCUT2D eigenvalue weighted by Crippen LogP contribution is 2.41. The highest BCUT2D eigenvalue weighted by atomic mass is 16.5. The maximum Gasteiger partial charge on any atom is 0.0816 e. The highest BCUT2D eigenvalue weighted by Gasteiger charge is 2.31. The number of rotatable bonds is 16. The van der Waals surface area contributed by atoms with E-state index >= 15 is 0 Å². The third kappa shape index (κ3) is 12.4. The van der Waals surface area contributed by atoms with Crippen molar-refractivity contribution in [3.8, 4) is 0 Å². The average molecular weight is 623 g/mol. The molecule has 0 aromatic carbocycles. The number of hydrogen-bond acceptors (Lipinski definition) is 1. The zero-order valence-electron chi connectivity index (χ0n) is 31.6. The third-order valence-electron chi connectivity index (χ3n) is 12.9. The second kappa shape index (κ2) is 18.8. The van der Waals surface area contributed by atoms with Crippen molar-refractivity contribution in [3.05, 3.63) is 23.3 Å². The third-order valence-corrected chi connectivity index (χ3v) is 12.9. The largest absolute Gasteiger partial charge is 0.366 e. The van der Waals surface area contributed by atoms with Crippen LogP contribution >= 0.6 is 0 Å². The minimum atomic E-state index is 0.291. The topological polar surface area (TPSA) is 9.23 Å². The van der Waals surface area contributed by atoms with Crippen LogP contribution in [0, 0.1) is 59.2 Å². The lowest BCUT2D eigenvalue weighted by Crippen LogP contribution is -2.34. The van der Waals surface area contributed by atoms with E-state index < -0.39 is 0 Å². The molecule has 0 amide bonds. The molecule has 260 valence electrons. The van der Waals surface area contributed by atoms with Crippen molar-refractivity contribution >= 4 is 0 Å². The minimum absolute atomic E-state index is 0.291. The zero-order chi connectivity index (χ0) is 32.3. The Bertz CT molecular complexity index is 803. The molecular formula is C44H78O. The summed E-state index contributed by atoms with van der Waals surface area (Å²) in [5.41, 5.74) is 3.25. The van der Waals surface area contributed by atoms with Gasteiger partial charge in [-0.25, -0.2) is 0 Å². The Morgan fingerprint density at radius 3 is 1.09 bits per heavy atom. The zero-order valence-corrected chi connectivity index (χ0v) is 31.6. The summed E-state index contributed by atoms with van der Waals surface area (Å²) in [6.07, 6.45) is 34.5. The first-order valence-corrected chi connectivity index (χ1v) is 20.6. The molecule has 0 aliphatic heterocycles. The van der Waals surface area contributed by atoms with Gasteiger partial charge in [0.2, 0.25) is 0 Å². The van der Waals surface area contributed by atoms with E-state index in [0.717, 1.165) is 47.3 Å². The van der Waals surface area contributed by atoms with Crippen molar-refractivity contribution in [2.24, 2.45) is 59.2 Å². The van der Waals surface area contributed by atoms with Gasteiger partial charge in [0.15, 0.2) is 0 Å². The molecular weight excluding hydrogens is 544 g/mol. The second-order valence-electron chi connectivity index (χ2n) is 18.5. The molecule has 4 aliphatic rings. The van der Waals surface area contributed by atoms with Crippen molar-refractivity contribution in [2.75, 3.05) is 0 Å². The standard InChI is InChI=1S/C44H78O/c1-31(2)29-39-17-13-35(14-18-39)9-11-37-21-25-41(26-22-37)43(33(5)6)45-44(34(7)8)42-27-23-38(24-28-42)12-10-36-15-19-40(20-16-36)30-32(3)4/h25,27,31-40,43-44H,9-24,26,28-30H2,1-8H3. The summed E-state index contributed by atoms with van der Waals surface area (Å²) < 4.78 is 7.17. The smallest absolute Gasteiger partial charge is 0.0816 e. The molecule has 0 aromatic heterocycles. The van der Waals surface area contributed by atoms with E-state index in [4.69, 9.17) is 4.74 Å². The maximum atomic E-state index is 7.17. The van der Waals surface area contributed by atoms with Gasteiger partial charge in [0.05, 0.1) is 12.2 Å². The van der Waals surface area contributed by atoms with Crippen molar-refractivity contribution in [1.29, 1.82) is 0 Å². The van der Waals surface area contributed by atoms with Gasteiger partial charge >= 0.3 is 0 Å². The molecule has 2 fully saturated rings. The first kappa shape index (κ1) is 37.3. The molecule has 0 saturated heterocycles. The molecule has 0 spiro atoms. The van der Waals surface area contributed by atoms with Crippen molar-refractivity contribution in [3.63, 3.8) is 0 Å². The van der Waals surface area contributed by atoms with E-state index in [-0.39, 0.29) is 0 Å². The fraction of sp³-hybridized carbons (Fsp3) is 0.909. The van der Waals surface area contributed by atoms with Gasteiger partial charge in [-0.1, -0.05) is 132 Å². The van der Waals surface area contributed by atoms with Crippen LogP contribution in [-0.2, 0) is 4.74 Å². The summed E-state index contributed by atoms with van der Waals surface area (Å²) in [5, 5.41) is 0. The van der Waals surface area contributed by atoms with Gasteiger partial charge in [0.25, 0.3) is 0 Å². The van der Waals surface area contributed by atoms with Gasteiger partial charge in [-0.15, -0.1) is 0 Å². The van der Waals surface area contributed by atoms with E-state index in [1.807, 2.05) is 0 Å². The molecule has 0 bridgehead atoms. The van der Waals surface area contributed by atoms with E-state index in [1.54, 1.807) is 11.1 Å². The van der Waals surface area contributed by atoms with Gasteiger partial charge in [-0.3, -0.25) is 0 Å². The number of ether oxygens (including phenoxy) is 1. The van der Waals surface area contributed by atoms with Gasteiger partial charge in [0, 0.05) is 0 Å². The fourth-order valence-corrected chi connectivity index (χ4v) is 10.1. The van der Waals surface area contributed by atoms with Crippen LogP contribution in [-0.4, -0.2) is 12.2 Å². The first-order valence-electron chi connectivity index (χ1n) is 20.6. The van der Waals surface area contributed by atoms with Crippen LogP contribution in [0.5, 0.6) is 0 Å². The summed E-state index contributed by atoms with van der Waals surface area (Å²) in [6.45, 7) is 19.2. The molecule has 1 nitrogen and oxygen atoms in total. The summed E-state index contributed by atoms with van der Waals surface area (Å²) in [4.78, 5) is 0. The van der Waals surface area contributed by atoms with E-state index in [9.17, 15) is 0 Å². The molecule has 1 heteroatoms. The van der Waals surface area contributed by atoms with Crippen LogP contribution < -0.4 is 0 Å². The molecule has 0 aromatic rings. The molecule has 4 rings (SSSR count). The quantitative estimate of drug-likeness (QED) is 0.156. The molecule has 2 saturated carbocycles. The van der Waals surface area contributed by atoms with Gasteiger partial charge in [-0.05, 0) is 135 Å². The lowest BCUT2D eigenvalue weighted by molar-refractivity contribution is -0.0235. The Balaban J connectivity index is 1.20. The summed E-state index contributed by atoms with van der Waals surface area (Å²) in [6, 6.07) is 0. The van der Waals surface area contributed by atoms with Gasteiger partial charge < -0.3 is 4.74 Å². The monoisotopic (exact) mass is 623 g/mol. The predicted molar refractivity (Wildman–Crippen MR) is 197 cm³/mol. The Kier molecular flexibility index (Phi) is 15.6. The van der Waals surface area contributed by atoms with Crippen LogP contribution in [0.4, 0.5) is 0 Å². The second-order valence-corrected chi connectivity index (χ2v) is 18.5. The molecule has 0 radical (unpaired) electrons. The molecule has 4 unspecified atom stereocenters. The number of hydrogen-bond donors (Lipinski definition) is 0. The van der Waals surface area contributed by atoms with Crippen LogP contribution in [0.3, 0.4) is 0 Å². The van der Waals surface area contributed by atoms with E-state index in [1.165, 1.54) is 128 Å². The van der Waals surface area contributed by atoms with Crippen molar-refractivity contribution < 1.29 is 4.74 Å². The number of allylic oxidation sites excluding steroid dienone is 2. The summed E-state index contributed by atoms with van der Waals surface area (Å²) in [5.74, 6) is 8.70. The highest BCUT2D eigenvalue weighted by molar-refractivity contribution is 5.17. The van der Waals surface area contributed by atoms with Crippen molar-refractivity contribution in [2.45, 2.75) is 196 Å². The Labute approximate surface area is 282 Å². The lowest BCUT2D eigenvalue weighted by atomic mass is 9.75.